The molecule has 14 heteroatoms. The van der Waals surface area contributed by atoms with Gasteiger partial charge in [0.2, 0.25) is 11.8 Å². The number of hydrogen-bond donors (Lipinski definition) is 4. The zero-order valence-electron chi connectivity index (χ0n) is 36.1. The van der Waals surface area contributed by atoms with Crippen molar-refractivity contribution in [1.29, 1.82) is 0 Å². The van der Waals surface area contributed by atoms with Crippen LogP contribution in [0.15, 0.2) is 60.8 Å². The van der Waals surface area contributed by atoms with Crippen LogP contribution in [0.25, 0.3) is 44.2 Å². The van der Waals surface area contributed by atoms with Crippen LogP contribution in [0.5, 0.6) is 0 Å². The second-order valence-corrected chi connectivity index (χ2v) is 18.4. The van der Waals surface area contributed by atoms with Crippen molar-refractivity contribution in [1.82, 2.24) is 40.4 Å². The molecule has 60 heavy (non-hydrogen) atoms. The first-order valence-corrected chi connectivity index (χ1v) is 21.0. The number of hydrogen-bond acceptors (Lipinski definition) is 8. The SMILES string of the molecule is CC(NC(=O)OC(C)(C)C)C(=O)N1CCCC1c1nc2ccc(-c3ccc4cc(-c5cnc(C6CCCN6C(=O)C(NC(=O)OC(C)(C)C)C(C)C)[nH]5)ccc4c3)cc2[nH]1. The van der Waals surface area contributed by atoms with E-state index in [2.05, 4.69) is 69.1 Å². The van der Waals surface area contributed by atoms with Gasteiger partial charge >= 0.3 is 12.2 Å². The Bertz CT molecular complexity index is 2400. The van der Waals surface area contributed by atoms with Gasteiger partial charge in [0.25, 0.3) is 0 Å². The molecule has 0 saturated carbocycles. The lowest BCUT2D eigenvalue weighted by Gasteiger charge is -2.31. The lowest BCUT2D eigenvalue weighted by Crippen LogP contribution is -2.52. The molecule has 4 amide bonds. The Kier molecular flexibility index (Phi) is 11.7. The maximum atomic E-state index is 13.8. The summed E-state index contributed by atoms with van der Waals surface area (Å²) in [7, 11) is 0. The van der Waals surface area contributed by atoms with Gasteiger partial charge in [-0.25, -0.2) is 19.6 Å². The van der Waals surface area contributed by atoms with Crippen LogP contribution in [0.4, 0.5) is 9.59 Å². The molecule has 4 heterocycles. The molecular weight excluding hydrogens is 761 g/mol. The number of ether oxygens (including phenoxy) is 2. The predicted octanol–water partition coefficient (Wildman–Crippen LogP) is 8.56. The molecular formula is C46H58N8O6. The molecule has 0 aliphatic carbocycles. The molecule has 2 aromatic heterocycles. The quantitative estimate of drug-likeness (QED) is 0.114. The van der Waals surface area contributed by atoms with Gasteiger partial charge in [-0.05, 0) is 126 Å². The Labute approximate surface area is 351 Å². The molecule has 0 radical (unpaired) electrons. The van der Waals surface area contributed by atoms with Gasteiger partial charge in [-0.2, -0.15) is 0 Å². The van der Waals surface area contributed by atoms with Crippen molar-refractivity contribution < 1.29 is 28.7 Å². The van der Waals surface area contributed by atoms with Gasteiger partial charge in [0.15, 0.2) is 0 Å². The number of alkyl carbamates (subject to hydrolysis) is 2. The molecule has 14 nitrogen and oxygen atoms in total. The summed E-state index contributed by atoms with van der Waals surface area (Å²) in [5.41, 5.74) is 4.31. The number of fused-ring (bicyclic) bond motifs is 2. The number of H-pyrrole nitrogens is 2. The van der Waals surface area contributed by atoms with E-state index in [-0.39, 0.29) is 29.8 Å². The highest BCUT2D eigenvalue weighted by atomic mass is 16.6. The van der Waals surface area contributed by atoms with Gasteiger partial charge in [0.1, 0.15) is 34.9 Å². The summed E-state index contributed by atoms with van der Waals surface area (Å²) in [4.78, 5) is 72.5. The van der Waals surface area contributed by atoms with Gasteiger partial charge in [-0.15, -0.1) is 0 Å². The minimum Gasteiger partial charge on any atom is -0.444 e. The molecule has 7 rings (SSSR count). The monoisotopic (exact) mass is 818 g/mol. The summed E-state index contributed by atoms with van der Waals surface area (Å²) in [5, 5.41) is 7.64. The van der Waals surface area contributed by atoms with E-state index in [0.29, 0.717) is 13.1 Å². The van der Waals surface area contributed by atoms with Crippen LogP contribution in [-0.4, -0.2) is 90.1 Å². The zero-order chi connectivity index (χ0) is 43.1. The number of likely N-dealkylation sites (tertiary alicyclic amines) is 2. The molecule has 4 atom stereocenters. The molecule has 2 saturated heterocycles. The van der Waals surface area contributed by atoms with Crippen LogP contribution in [-0.2, 0) is 19.1 Å². The van der Waals surface area contributed by atoms with Gasteiger partial charge in [0.05, 0.1) is 35.0 Å². The number of benzene rings is 3. The molecule has 3 aromatic carbocycles. The molecule has 5 aromatic rings. The molecule has 0 bridgehead atoms. The molecule has 0 spiro atoms. The van der Waals surface area contributed by atoms with Gasteiger partial charge in [-0.1, -0.05) is 44.2 Å². The highest BCUT2D eigenvalue weighted by Gasteiger charge is 2.38. The van der Waals surface area contributed by atoms with Gasteiger partial charge in [-0.3, -0.25) is 9.59 Å². The average Bonchev–Trinajstić information content (AvgIpc) is 4.00. The standard InChI is InChI=1S/C46H58N8O6/c1-26(2)38(52-44(58)60-46(7,8)9)42(56)54-21-10-12-36(54)39-47-25-35(51-39)32-17-16-28-22-29(14-15-30(28)23-32)31-18-19-33-34(24-31)50-40(49-33)37-13-11-20-53(37)41(55)27(3)48-43(57)59-45(4,5)6/h14-19,22-27,36-38H,10-13,20-21H2,1-9H3,(H,47,51)(H,48,57)(H,49,50)(H,52,58). The number of nitrogens with zero attached hydrogens (tertiary/aromatic N) is 4. The van der Waals surface area contributed by atoms with Crippen LogP contribution >= 0.6 is 0 Å². The van der Waals surface area contributed by atoms with E-state index < -0.39 is 35.5 Å². The van der Waals surface area contributed by atoms with Crippen LogP contribution in [0.1, 0.15) is 112 Å². The largest absolute Gasteiger partial charge is 0.444 e. The highest BCUT2D eigenvalue weighted by molar-refractivity contribution is 5.92. The number of carbonyl (C=O) groups is 4. The fourth-order valence-corrected chi connectivity index (χ4v) is 8.16. The van der Waals surface area contributed by atoms with Crippen molar-refractivity contribution in [3.63, 3.8) is 0 Å². The summed E-state index contributed by atoms with van der Waals surface area (Å²) < 4.78 is 10.8. The number of nitrogens with one attached hydrogen (secondary N) is 4. The van der Waals surface area contributed by atoms with Crippen LogP contribution in [0, 0.1) is 5.92 Å². The Morgan fingerprint density at radius 2 is 1.25 bits per heavy atom. The minimum atomic E-state index is -0.738. The fourth-order valence-electron chi connectivity index (χ4n) is 8.16. The van der Waals surface area contributed by atoms with E-state index in [9.17, 15) is 19.2 Å². The van der Waals surface area contributed by atoms with Crippen LogP contribution in [0.3, 0.4) is 0 Å². The first-order chi connectivity index (χ1) is 28.3. The molecule has 318 valence electrons. The van der Waals surface area contributed by atoms with E-state index in [1.165, 1.54) is 0 Å². The Hall–Kier alpha value is -5.92. The number of carbonyl (C=O) groups excluding carboxylic acids is 4. The maximum Gasteiger partial charge on any atom is 0.408 e. The normalized spacial score (nSPS) is 18.2. The van der Waals surface area contributed by atoms with Crippen molar-refractivity contribution in [3.05, 3.63) is 72.4 Å². The summed E-state index contributed by atoms with van der Waals surface area (Å²) >= 11 is 0. The maximum absolute atomic E-state index is 13.8. The lowest BCUT2D eigenvalue weighted by molar-refractivity contribution is -0.136. The van der Waals surface area contributed by atoms with Crippen LogP contribution < -0.4 is 10.6 Å². The summed E-state index contributed by atoms with van der Waals surface area (Å²) in [6.45, 7) is 17.4. The van der Waals surface area contributed by atoms with Crippen molar-refractivity contribution >= 4 is 45.8 Å². The number of imidazole rings is 2. The minimum absolute atomic E-state index is 0.128. The summed E-state index contributed by atoms with van der Waals surface area (Å²) in [6, 6.07) is 17.0. The third-order valence-electron chi connectivity index (χ3n) is 11.0. The van der Waals surface area contributed by atoms with Crippen molar-refractivity contribution in [2.24, 2.45) is 5.92 Å². The Balaban J connectivity index is 1.04. The number of aromatic nitrogens is 4. The molecule has 4 N–H and O–H groups in total. The lowest BCUT2D eigenvalue weighted by atomic mass is 9.99. The average molecular weight is 819 g/mol. The molecule has 4 unspecified atom stereocenters. The molecule has 2 aliphatic heterocycles. The van der Waals surface area contributed by atoms with E-state index in [1.54, 1.807) is 53.4 Å². The number of rotatable bonds is 9. The van der Waals surface area contributed by atoms with Crippen molar-refractivity contribution in [2.45, 2.75) is 123 Å². The van der Waals surface area contributed by atoms with E-state index in [0.717, 1.165) is 81.5 Å². The summed E-state index contributed by atoms with van der Waals surface area (Å²) in [6.07, 6.45) is 3.83. The van der Waals surface area contributed by atoms with E-state index >= 15 is 0 Å². The second-order valence-electron chi connectivity index (χ2n) is 18.4. The van der Waals surface area contributed by atoms with E-state index in [1.807, 2.05) is 31.0 Å². The van der Waals surface area contributed by atoms with Crippen molar-refractivity contribution in [2.75, 3.05) is 13.1 Å². The first kappa shape index (κ1) is 42.2. The Morgan fingerprint density at radius 3 is 1.88 bits per heavy atom. The number of amides is 4. The Morgan fingerprint density at radius 1 is 0.700 bits per heavy atom. The van der Waals surface area contributed by atoms with Crippen molar-refractivity contribution in [3.8, 4) is 22.4 Å². The number of aromatic amines is 2. The molecule has 2 aliphatic rings. The zero-order valence-corrected chi connectivity index (χ0v) is 36.1. The predicted molar refractivity (Wildman–Crippen MR) is 231 cm³/mol. The highest BCUT2D eigenvalue weighted by Crippen LogP contribution is 2.36. The van der Waals surface area contributed by atoms with E-state index in [4.69, 9.17) is 19.4 Å². The van der Waals surface area contributed by atoms with Gasteiger partial charge < -0.3 is 39.9 Å². The smallest absolute Gasteiger partial charge is 0.408 e. The fraction of sp³-hybridized carbons (Fsp3) is 0.478. The van der Waals surface area contributed by atoms with Gasteiger partial charge in [0, 0.05) is 18.7 Å². The third kappa shape index (κ3) is 9.42. The first-order valence-electron chi connectivity index (χ1n) is 21.0. The topological polar surface area (TPSA) is 175 Å². The molecule has 2 fully saturated rings. The second kappa shape index (κ2) is 16.6. The third-order valence-corrected chi connectivity index (χ3v) is 11.0. The summed E-state index contributed by atoms with van der Waals surface area (Å²) in [5.74, 6) is 1.01. The van der Waals surface area contributed by atoms with Crippen LogP contribution in [0.2, 0.25) is 0 Å².